The predicted octanol–water partition coefficient (Wildman–Crippen LogP) is 1.92. The molecule has 0 radical (unpaired) electrons. The van der Waals surface area contributed by atoms with Crippen molar-refractivity contribution in [3.05, 3.63) is 33.9 Å². The van der Waals surface area contributed by atoms with Gasteiger partial charge in [-0.05, 0) is 43.0 Å². The number of hydrogen-bond acceptors (Lipinski definition) is 2. The molecule has 0 unspecified atom stereocenters. The lowest BCUT2D eigenvalue weighted by Gasteiger charge is -2.11. The van der Waals surface area contributed by atoms with Crippen LogP contribution < -0.4 is 0 Å². The SMILES string of the molecule is Cc1cc(C)c(CO)c(C)c1C=O. The molecule has 0 saturated heterocycles. The number of aliphatic hydroxyl groups is 1. The van der Waals surface area contributed by atoms with E-state index >= 15 is 0 Å². The van der Waals surface area contributed by atoms with Crippen LogP contribution in [0.4, 0.5) is 0 Å². The van der Waals surface area contributed by atoms with Crippen molar-refractivity contribution in [2.24, 2.45) is 0 Å². The van der Waals surface area contributed by atoms with Crippen LogP contribution in [-0.4, -0.2) is 11.4 Å². The maximum absolute atomic E-state index is 10.7. The van der Waals surface area contributed by atoms with Gasteiger partial charge in [0.05, 0.1) is 6.61 Å². The van der Waals surface area contributed by atoms with Gasteiger partial charge in [-0.2, -0.15) is 0 Å². The summed E-state index contributed by atoms with van der Waals surface area (Å²) in [4.78, 5) is 10.7. The van der Waals surface area contributed by atoms with Gasteiger partial charge in [-0.3, -0.25) is 4.79 Å². The van der Waals surface area contributed by atoms with Gasteiger partial charge in [0.2, 0.25) is 0 Å². The molecule has 13 heavy (non-hydrogen) atoms. The highest BCUT2D eigenvalue weighted by molar-refractivity contribution is 5.80. The molecule has 0 aromatic heterocycles. The van der Waals surface area contributed by atoms with Gasteiger partial charge in [-0.25, -0.2) is 0 Å². The molecule has 0 fully saturated rings. The van der Waals surface area contributed by atoms with Gasteiger partial charge >= 0.3 is 0 Å². The summed E-state index contributed by atoms with van der Waals surface area (Å²) in [6.45, 7) is 5.72. The number of aldehydes is 1. The first kappa shape index (κ1) is 9.93. The van der Waals surface area contributed by atoms with Gasteiger partial charge in [0, 0.05) is 5.56 Å². The van der Waals surface area contributed by atoms with Crippen LogP contribution in [-0.2, 0) is 6.61 Å². The average Bonchev–Trinajstić information content (AvgIpc) is 2.04. The summed E-state index contributed by atoms with van der Waals surface area (Å²) in [7, 11) is 0. The molecular weight excluding hydrogens is 164 g/mol. The molecule has 0 atom stereocenters. The van der Waals surface area contributed by atoms with E-state index in [4.69, 9.17) is 5.11 Å². The summed E-state index contributed by atoms with van der Waals surface area (Å²) in [6.07, 6.45) is 0.850. The van der Waals surface area contributed by atoms with Crippen molar-refractivity contribution in [1.29, 1.82) is 0 Å². The fourth-order valence-corrected chi connectivity index (χ4v) is 1.67. The Hall–Kier alpha value is -1.15. The summed E-state index contributed by atoms with van der Waals surface area (Å²) in [5.41, 5.74) is 4.49. The number of aliphatic hydroxyl groups excluding tert-OH is 1. The zero-order valence-electron chi connectivity index (χ0n) is 8.22. The van der Waals surface area contributed by atoms with Crippen molar-refractivity contribution in [1.82, 2.24) is 0 Å². The molecule has 1 rings (SSSR count). The Balaban J connectivity index is 3.47. The van der Waals surface area contributed by atoms with E-state index in [2.05, 4.69) is 0 Å². The van der Waals surface area contributed by atoms with Crippen LogP contribution in [0, 0.1) is 20.8 Å². The molecule has 0 bridgehead atoms. The molecule has 0 heterocycles. The van der Waals surface area contributed by atoms with E-state index in [1.54, 1.807) is 0 Å². The molecule has 0 amide bonds. The monoisotopic (exact) mass is 178 g/mol. The molecule has 1 aromatic carbocycles. The number of carbonyl (C=O) groups is 1. The first-order valence-electron chi connectivity index (χ1n) is 4.27. The number of benzene rings is 1. The molecular formula is C11H14O2. The Labute approximate surface area is 78.2 Å². The van der Waals surface area contributed by atoms with Crippen molar-refractivity contribution in [2.45, 2.75) is 27.4 Å². The van der Waals surface area contributed by atoms with Crippen LogP contribution in [0.1, 0.15) is 32.6 Å². The van der Waals surface area contributed by atoms with E-state index in [9.17, 15) is 4.79 Å². The van der Waals surface area contributed by atoms with Crippen molar-refractivity contribution in [3.63, 3.8) is 0 Å². The lowest BCUT2D eigenvalue weighted by molar-refractivity contribution is 0.112. The Morgan fingerprint density at radius 3 is 2.38 bits per heavy atom. The third-order valence-electron chi connectivity index (χ3n) is 2.47. The van der Waals surface area contributed by atoms with Gasteiger partial charge in [-0.1, -0.05) is 6.07 Å². The number of aryl methyl sites for hydroxylation is 2. The third kappa shape index (κ3) is 1.63. The van der Waals surface area contributed by atoms with Crippen molar-refractivity contribution in [2.75, 3.05) is 0 Å². The number of hydrogen-bond donors (Lipinski definition) is 1. The highest BCUT2D eigenvalue weighted by atomic mass is 16.3. The second-order valence-corrected chi connectivity index (χ2v) is 3.30. The summed E-state index contributed by atoms with van der Waals surface area (Å²) in [5.74, 6) is 0. The fourth-order valence-electron chi connectivity index (χ4n) is 1.67. The van der Waals surface area contributed by atoms with Gasteiger partial charge in [0.25, 0.3) is 0 Å². The van der Waals surface area contributed by atoms with Crippen molar-refractivity contribution >= 4 is 6.29 Å². The van der Waals surface area contributed by atoms with Gasteiger partial charge in [0.15, 0.2) is 6.29 Å². The molecule has 0 aliphatic rings. The van der Waals surface area contributed by atoms with Crippen molar-refractivity contribution in [3.8, 4) is 0 Å². The maximum atomic E-state index is 10.7. The minimum atomic E-state index is -0.00120. The van der Waals surface area contributed by atoms with E-state index in [1.165, 1.54) is 0 Å². The lowest BCUT2D eigenvalue weighted by atomic mass is 9.95. The second-order valence-electron chi connectivity index (χ2n) is 3.30. The highest BCUT2D eigenvalue weighted by Crippen LogP contribution is 2.20. The van der Waals surface area contributed by atoms with E-state index < -0.39 is 0 Å². The second kappa shape index (κ2) is 3.71. The topological polar surface area (TPSA) is 37.3 Å². The van der Waals surface area contributed by atoms with Crippen LogP contribution >= 0.6 is 0 Å². The summed E-state index contributed by atoms with van der Waals surface area (Å²) >= 11 is 0. The van der Waals surface area contributed by atoms with Crippen LogP contribution in [0.2, 0.25) is 0 Å². The molecule has 1 aromatic rings. The molecule has 0 spiro atoms. The molecule has 0 saturated carbocycles. The van der Waals surface area contributed by atoms with E-state index in [-0.39, 0.29) is 6.61 Å². The number of carbonyl (C=O) groups excluding carboxylic acids is 1. The zero-order valence-corrected chi connectivity index (χ0v) is 8.22. The minimum Gasteiger partial charge on any atom is -0.392 e. The summed E-state index contributed by atoms with van der Waals surface area (Å²) in [5, 5.41) is 9.09. The Morgan fingerprint density at radius 2 is 1.92 bits per heavy atom. The van der Waals surface area contributed by atoms with E-state index in [1.807, 2.05) is 26.8 Å². The predicted molar refractivity (Wildman–Crippen MR) is 52.0 cm³/mol. The molecule has 0 aliphatic carbocycles. The third-order valence-corrected chi connectivity index (χ3v) is 2.47. The average molecular weight is 178 g/mol. The Kier molecular flexibility index (Phi) is 2.83. The molecule has 2 nitrogen and oxygen atoms in total. The summed E-state index contributed by atoms with van der Waals surface area (Å²) < 4.78 is 0. The first-order valence-corrected chi connectivity index (χ1v) is 4.27. The Morgan fingerprint density at radius 1 is 1.31 bits per heavy atom. The largest absolute Gasteiger partial charge is 0.392 e. The zero-order chi connectivity index (χ0) is 10.0. The fraction of sp³-hybridized carbons (Fsp3) is 0.364. The standard InChI is InChI=1S/C11H14O2/c1-7-4-8(2)11(6-13)9(3)10(7)5-12/h4-5,13H,6H2,1-3H3. The van der Waals surface area contributed by atoms with Crippen LogP contribution in [0.15, 0.2) is 6.07 Å². The highest BCUT2D eigenvalue weighted by Gasteiger charge is 2.08. The van der Waals surface area contributed by atoms with E-state index in [0.717, 1.165) is 28.5 Å². The normalized spacial score (nSPS) is 10.2. The quantitative estimate of drug-likeness (QED) is 0.702. The van der Waals surface area contributed by atoms with Crippen LogP contribution in [0.5, 0.6) is 0 Å². The Bertz CT molecular complexity index is 340. The van der Waals surface area contributed by atoms with Crippen LogP contribution in [0.25, 0.3) is 0 Å². The molecule has 70 valence electrons. The maximum Gasteiger partial charge on any atom is 0.150 e. The van der Waals surface area contributed by atoms with Gasteiger partial charge in [0.1, 0.15) is 0 Å². The molecule has 1 N–H and O–H groups in total. The lowest BCUT2D eigenvalue weighted by Crippen LogP contribution is -2.00. The summed E-state index contributed by atoms with van der Waals surface area (Å²) in [6, 6.07) is 1.93. The van der Waals surface area contributed by atoms with Crippen LogP contribution in [0.3, 0.4) is 0 Å². The van der Waals surface area contributed by atoms with Crippen molar-refractivity contribution < 1.29 is 9.90 Å². The number of rotatable bonds is 2. The van der Waals surface area contributed by atoms with Gasteiger partial charge < -0.3 is 5.11 Å². The van der Waals surface area contributed by atoms with Gasteiger partial charge in [-0.15, -0.1) is 0 Å². The van der Waals surface area contributed by atoms with E-state index in [0.29, 0.717) is 5.56 Å². The first-order chi connectivity index (χ1) is 6.11. The smallest absolute Gasteiger partial charge is 0.150 e. The molecule has 2 heteroatoms. The molecule has 0 aliphatic heterocycles. The minimum absolute atomic E-state index is 0.00120.